The van der Waals surface area contributed by atoms with Gasteiger partial charge in [-0.05, 0) is 43.5 Å². The minimum absolute atomic E-state index is 0.183. The largest absolute Gasteiger partial charge is 0.327 e. The molecule has 4 rings (SSSR count). The highest BCUT2D eigenvalue weighted by molar-refractivity contribution is 7.13. The highest BCUT2D eigenvalue weighted by Gasteiger charge is 2.52. The molecule has 1 aromatic carbocycles. The lowest BCUT2D eigenvalue weighted by Gasteiger charge is -2.50. The molecule has 0 saturated carbocycles. The van der Waals surface area contributed by atoms with E-state index in [2.05, 4.69) is 27.9 Å². The standard InChI is InChI=1S/C23H29N5O3S/c1-13-5-6-15(20(29)26-22(31)27-23-24-7-8-32-23)10-17(13)18-11-16-12-25-14(2)9-19(16)28(3,4)21(18)30/h5-8,10,14,16,18-19,25H,9,11-12H2,1-4H3,(H-,24,26,27,29,31)/p+1. The molecule has 0 radical (unpaired) electrons. The molecule has 0 bridgehead atoms. The van der Waals surface area contributed by atoms with E-state index in [1.54, 1.807) is 23.7 Å². The smallest absolute Gasteiger partial charge is 0.314 e. The summed E-state index contributed by atoms with van der Waals surface area (Å²) < 4.78 is 0.355. The van der Waals surface area contributed by atoms with E-state index in [-0.39, 0.29) is 11.8 Å². The van der Waals surface area contributed by atoms with Crippen molar-refractivity contribution in [2.45, 2.75) is 44.7 Å². The molecule has 0 spiro atoms. The second-order valence-corrected chi connectivity index (χ2v) is 10.3. The van der Waals surface area contributed by atoms with Gasteiger partial charge in [-0.1, -0.05) is 6.07 Å². The normalized spacial score (nSPS) is 26.8. The molecule has 2 fully saturated rings. The third-order valence-corrected chi connectivity index (χ3v) is 7.59. The molecule has 4 atom stereocenters. The van der Waals surface area contributed by atoms with Gasteiger partial charge in [0.2, 0.25) is 0 Å². The summed E-state index contributed by atoms with van der Waals surface area (Å²) in [7, 11) is 4.03. The number of carbonyl (C=O) groups excluding carboxylic acids is 3. The van der Waals surface area contributed by atoms with Crippen LogP contribution in [-0.4, -0.2) is 60.0 Å². The number of urea groups is 1. The lowest BCUT2D eigenvalue weighted by Crippen LogP contribution is -2.66. The maximum Gasteiger partial charge on any atom is 0.327 e. The van der Waals surface area contributed by atoms with Gasteiger partial charge in [0.25, 0.3) is 5.91 Å². The fraction of sp³-hybridized carbons (Fsp3) is 0.478. The van der Waals surface area contributed by atoms with Gasteiger partial charge in [-0.25, -0.2) is 14.6 Å². The zero-order valence-corrected chi connectivity index (χ0v) is 19.7. The van der Waals surface area contributed by atoms with Crippen LogP contribution in [0.5, 0.6) is 0 Å². The van der Waals surface area contributed by atoms with Gasteiger partial charge >= 0.3 is 11.9 Å². The number of nitrogens with zero attached hydrogens (tertiary/aromatic N) is 2. The highest BCUT2D eigenvalue weighted by atomic mass is 32.1. The molecule has 1 aromatic heterocycles. The number of fused-ring (bicyclic) bond motifs is 1. The summed E-state index contributed by atoms with van der Waals surface area (Å²) in [6.45, 7) is 5.03. The number of hydrogen-bond donors (Lipinski definition) is 3. The van der Waals surface area contributed by atoms with Crippen LogP contribution >= 0.6 is 11.3 Å². The van der Waals surface area contributed by atoms with Crippen LogP contribution in [0.1, 0.15) is 47.2 Å². The molecule has 4 amide bonds. The van der Waals surface area contributed by atoms with Crippen LogP contribution in [0.3, 0.4) is 0 Å². The van der Waals surface area contributed by atoms with Crippen LogP contribution in [0.15, 0.2) is 29.8 Å². The minimum Gasteiger partial charge on any atom is -0.314 e. The van der Waals surface area contributed by atoms with Crippen molar-refractivity contribution in [3.05, 3.63) is 46.5 Å². The Morgan fingerprint density at radius 3 is 2.75 bits per heavy atom. The summed E-state index contributed by atoms with van der Waals surface area (Å²) in [5, 5.41) is 10.6. The Labute approximate surface area is 192 Å². The fourth-order valence-electron chi connectivity index (χ4n) is 5.13. The number of hydrogen-bond acceptors (Lipinski definition) is 6. The molecular formula is C23H30N5O3S+. The van der Waals surface area contributed by atoms with E-state index in [4.69, 9.17) is 0 Å². The molecule has 2 aromatic rings. The van der Waals surface area contributed by atoms with E-state index in [1.807, 2.05) is 27.1 Å². The molecule has 3 heterocycles. The number of nitrogens with one attached hydrogen (secondary N) is 3. The molecule has 2 aliphatic rings. The van der Waals surface area contributed by atoms with Crippen LogP contribution in [0.25, 0.3) is 0 Å². The second-order valence-electron chi connectivity index (χ2n) is 9.36. The van der Waals surface area contributed by atoms with Gasteiger partial charge in [-0.3, -0.25) is 19.9 Å². The monoisotopic (exact) mass is 456 g/mol. The molecule has 3 N–H and O–H groups in total. The Morgan fingerprint density at radius 2 is 2.03 bits per heavy atom. The topological polar surface area (TPSA) is 100 Å². The van der Waals surface area contributed by atoms with Crippen molar-refractivity contribution in [1.82, 2.24) is 15.6 Å². The Bertz CT molecular complexity index is 1040. The maximum atomic E-state index is 13.6. The first-order valence-electron chi connectivity index (χ1n) is 10.9. The summed E-state index contributed by atoms with van der Waals surface area (Å²) in [6, 6.07) is 5.37. The zero-order chi connectivity index (χ0) is 23.0. The lowest BCUT2D eigenvalue weighted by atomic mass is 9.73. The predicted molar refractivity (Wildman–Crippen MR) is 124 cm³/mol. The summed E-state index contributed by atoms with van der Waals surface area (Å²) in [5.74, 6) is -0.214. The quantitative estimate of drug-likeness (QED) is 0.617. The Balaban J connectivity index is 1.55. The summed E-state index contributed by atoms with van der Waals surface area (Å²) in [4.78, 5) is 42.4. The number of aryl methyl sites for hydroxylation is 1. The van der Waals surface area contributed by atoms with Gasteiger partial charge in [0.1, 0.15) is 12.0 Å². The van der Waals surface area contributed by atoms with Gasteiger partial charge in [0, 0.05) is 42.1 Å². The average molecular weight is 457 g/mol. The number of piperidine rings is 2. The molecule has 2 saturated heterocycles. The first-order chi connectivity index (χ1) is 15.2. The molecule has 2 aliphatic heterocycles. The zero-order valence-electron chi connectivity index (χ0n) is 18.8. The van der Waals surface area contributed by atoms with Crippen LogP contribution in [0.4, 0.5) is 9.93 Å². The fourth-order valence-corrected chi connectivity index (χ4v) is 5.66. The van der Waals surface area contributed by atoms with E-state index >= 15 is 0 Å². The highest BCUT2D eigenvalue weighted by Crippen LogP contribution is 2.41. The predicted octanol–water partition coefficient (Wildman–Crippen LogP) is 2.87. The SMILES string of the molecule is Cc1ccc(C(=O)NC(=O)Nc2nccs2)cc1C1CC2CNC(C)CC2[N+](C)(C)C1=O. The first-order valence-corrected chi connectivity index (χ1v) is 11.8. The van der Waals surface area contributed by atoms with Gasteiger partial charge < -0.3 is 5.32 Å². The van der Waals surface area contributed by atoms with E-state index in [0.717, 1.165) is 30.5 Å². The van der Waals surface area contributed by atoms with Crippen molar-refractivity contribution in [2.75, 3.05) is 26.0 Å². The number of thiazole rings is 1. The van der Waals surface area contributed by atoms with Gasteiger partial charge in [-0.15, -0.1) is 11.3 Å². The van der Waals surface area contributed by atoms with Gasteiger partial charge in [0.15, 0.2) is 5.13 Å². The lowest BCUT2D eigenvalue weighted by molar-refractivity contribution is -0.851. The number of anilines is 1. The van der Waals surface area contributed by atoms with E-state index < -0.39 is 11.9 Å². The van der Waals surface area contributed by atoms with Crippen molar-refractivity contribution in [1.29, 1.82) is 0 Å². The summed E-state index contributed by atoms with van der Waals surface area (Å²) in [5.41, 5.74) is 2.20. The molecule has 9 heteroatoms. The summed E-state index contributed by atoms with van der Waals surface area (Å²) in [6.07, 6.45) is 3.32. The van der Waals surface area contributed by atoms with E-state index in [0.29, 0.717) is 33.2 Å². The number of imide groups is 1. The van der Waals surface area contributed by atoms with Crippen molar-refractivity contribution in [2.24, 2.45) is 5.92 Å². The molecule has 170 valence electrons. The Kier molecular flexibility index (Phi) is 6.15. The first kappa shape index (κ1) is 22.6. The molecule has 0 aliphatic carbocycles. The number of likely N-dealkylation sites (tertiary alicyclic amines) is 1. The number of quaternary nitrogens is 1. The van der Waals surface area contributed by atoms with Crippen molar-refractivity contribution in [3.8, 4) is 0 Å². The molecule has 8 nitrogen and oxygen atoms in total. The number of rotatable bonds is 3. The molecular weight excluding hydrogens is 426 g/mol. The second kappa shape index (κ2) is 8.73. The third kappa shape index (κ3) is 4.32. The number of benzene rings is 1. The minimum atomic E-state index is -0.635. The van der Waals surface area contributed by atoms with E-state index in [1.165, 1.54) is 11.3 Å². The summed E-state index contributed by atoms with van der Waals surface area (Å²) >= 11 is 1.27. The number of amides is 4. The molecule has 4 unspecified atom stereocenters. The number of carbonyl (C=O) groups is 3. The van der Waals surface area contributed by atoms with Crippen LogP contribution < -0.4 is 16.0 Å². The van der Waals surface area contributed by atoms with Crippen LogP contribution in [0.2, 0.25) is 0 Å². The van der Waals surface area contributed by atoms with Crippen molar-refractivity contribution < 1.29 is 18.9 Å². The average Bonchev–Trinajstić information content (AvgIpc) is 3.24. The van der Waals surface area contributed by atoms with Gasteiger partial charge in [-0.2, -0.15) is 0 Å². The number of aromatic nitrogens is 1. The number of likely N-dealkylation sites (N-methyl/N-ethyl adjacent to an activating group) is 1. The Hall–Kier alpha value is -2.62. The van der Waals surface area contributed by atoms with E-state index in [9.17, 15) is 14.4 Å². The Morgan fingerprint density at radius 1 is 1.25 bits per heavy atom. The van der Waals surface area contributed by atoms with Crippen LogP contribution in [-0.2, 0) is 4.79 Å². The third-order valence-electron chi connectivity index (χ3n) is 6.90. The van der Waals surface area contributed by atoms with Gasteiger partial charge in [0.05, 0.1) is 14.1 Å². The maximum absolute atomic E-state index is 13.6. The van der Waals surface area contributed by atoms with Crippen LogP contribution in [0, 0.1) is 12.8 Å². The molecule has 32 heavy (non-hydrogen) atoms. The van der Waals surface area contributed by atoms with Crippen molar-refractivity contribution in [3.63, 3.8) is 0 Å². The van der Waals surface area contributed by atoms with Crippen molar-refractivity contribution >= 4 is 34.3 Å².